The fourth-order valence-electron chi connectivity index (χ4n) is 15.6. The smallest absolute Gasteiger partial charge is 0.305 e. The first-order valence-corrected chi connectivity index (χ1v) is 44.7. The fourth-order valence-corrected chi connectivity index (χ4v) is 16.5. The van der Waals surface area contributed by atoms with E-state index < -0.39 is 199 Å². The molecule has 131 heavy (non-hydrogen) atoms. The normalized spacial score (nSPS) is 21.8. The minimum absolute atomic E-state index is 0.0351. The molecule has 0 aliphatic carbocycles. The molecule has 1 aliphatic heterocycles. The number of primary amides is 1. The third-order valence-corrected chi connectivity index (χ3v) is 23.8. The number of benzene rings is 6. The van der Waals surface area contributed by atoms with Gasteiger partial charge in [0.1, 0.15) is 72.2 Å². The number of thioether (sulfide) groups is 1. The van der Waals surface area contributed by atoms with Gasteiger partial charge in [0.2, 0.25) is 88.6 Å². The number of carboxylic acid groups (broad SMARTS) is 1. The summed E-state index contributed by atoms with van der Waals surface area (Å²) in [5, 5.41) is 46.2. The summed E-state index contributed by atoms with van der Waals surface area (Å²) < 4.78 is 0. The Morgan fingerprint density at radius 2 is 0.885 bits per heavy atom. The van der Waals surface area contributed by atoms with Crippen LogP contribution in [0, 0.1) is 11.8 Å². The highest BCUT2D eigenvalue weighted by Gasteiger charge is 2.42. The lowest BCUT2D eigenvalue weighted by atomic mass is 9.98. The van der Waals surface area contributed by atoms with Gasteiger partial charge in [-0.1, -0.05) is 187 Å². The van der Waals surface area contributed by atoms with Crippen LogP contribution in [0.2, 0.25) is 0 Å². The highest BCUT2D eigenvalue weighted by molar-refractivity contribution is 8.00. The van der Waals surface area contributed by atoms with Crippen molar-refractivity contribution in [2.45, 2.75) is 172 Å². The van der Waals surface area contributed by atoms with Gasteiger partial charge in [0.15, 0.2) is 0 Å². The number of hydrogen-bond donors (Lipinski definition) is 14. The number of H-pyrrole nitrogens is 2. The van der Waals surface area contributed by atoms with Crippen LogP contribution in [-0.2, 0) is 115 Å². The predicted molar refractivity (Wildman–Crippen MR) is 492 cm³/mol. The van der Waals surface area contributed by atoms with Crippen LogP contribution in [0.4, 0.5) is 0 Å². The Morgan fingerprint density at radius 1 is 0.450 bits per heavy atom. The maximum absolute atomic E-state index is 15.6. The lowest BCUT2D eigenvalue weighted by Gasteiger charge is -2.37. The summed E-state index contributed by atoms with van der Waals surface area (Å²) in [7, 11) is 6.62. The zero-order chi connectivity index (χ0) is 95.3. The molecule has 35 nitrogen and oxygen atoms in total. The third kappa shape index (κ3) is 29.3. The van der Waals surface area contributed by atoms with Gasteiger partial charge in [0.05, 0.1) is 31.8 Å². The Kier molecular flexibility index (Phi) is 37.3. The molecule has 9 rings (SSSR count). The van der Waals surface area contributed by atoms with Crippen molar-refractivity contribution >= 4 is 128 Å². The Morgan fingerprint density at radius 3 is 1.42 bits per heavy atom. The van der Waals surface area contributed by atoms with Crippen molar-refractivity contribution in [3.63, 3.8) is 0 Å². The van der Waals surface area contributed by atoms with Crippen LogP contribution >= 0.6 is 11.8 Å². The number of phenols is 1. The Bertz CT molecular complexity index is 5350. The number of carbonyl (C=O) groups is 16. The van der Waals surface area contributed by atoms with Gasteiger partial charge in [-0.3, -0.25) is 76.7 Å². The summed E-state index contributed by atoms with van der Waals surface area (Å²) in [5.41, 5.74) is 10.0. The third-order valence-electron chi connectivity index (χ3n) is 22.8. The van der Waals surface area contributed by atoms with Gasteiger partial charge in [-0.2, -0.15) is 0 Å². The molecule has 698 valence electrons. The molecule has 0 spiro atoms. The summed E-state index contributed by atoms with van der Waals surface area (Å²) in [4.78, 5) is 248. The number of fused-ring (bicyclic) bond motifs is 2. The molecule has 0 bridgehead atoms. The molecule has 0 radical (unpaired) electrons. The first-order chi connectivity index (χ1) is 62.5. The SMILES string of the molecule is CCCC[C@H]1C(=O)N(C)CC(=O)N[C@@H](CC(=O)O)C(=O)N[C@@H](C(C)C)C(=O)N(C)[C@@H](Cc2ccccc2)C(=O)N[C@@H](Cc2c[nH]c3ccccc23)C(=O)N(C)CC(=O)N[C@@H](Cc2c[nH]c3ccccc23)C(=O)N[C@@H](Cc2ccc(O)cc2)C(=O)N[C@@H](CC(C)C)C(=O)N[C@H](C(=O)NCC(N)=O)CSCC(=O)N[C@@H](Cc2ccccc2)C(=O)N(C)[C@H](Cc2ccccc2)C(=O)N1C. The van der Waals surface area contributed by atoms with E-state index in [-0.39, 0.29) is 68.8 Å². The van der Waals surface area contributed by atoms with Crippen molar-refractivity contribution in [2.75, 3.05) is 66.4 Å². The van der Waals surface area contributed by atoms with Gasteiger partial charge in [-0.25, -0.2) is 0 Å². The number of nitrogens with two attached hydrogens (primary N) is 1. The molecule has 1 saturated heterocycles. The van der Waals surface area contributed by atoms with Gasteiger partial charge in [0, 0.05) is 114 Å². The molecular weight excluding hydrogens is 1700 g/mol. The second-order valence-corrected chi connectivity index (χ2v) is 34.8. The Balaban J connectivity index is 1.12. The van der Waals surface area contributed by atoms with E-state index in [2.05, 4.69) is 57.8 Å². The van der Waals surface area contributed by atoms with E-state index >= 15 is 43.2 Å². The van der Waals surface area contributed by atoms with Crippen LogP contribution in [-0.4, -0.2) is 272 Å². The lowest BCUT2D eigenvalue weighted by Crippen LogP contribution is -2.61. The van der Waals surface area contributed by atoms with Gasteiger partial charge in [-0.15, -0.1) is 11.8 Å². The van der Waals surface area contributed by atoms with E-state index in [0.717, 1.165) is 26.5 Å². The molecule has 1 fully saturated rings. The summed E-state index contributed by atoms with van der Waals surface area (Å²) in [6.45, 7) is 6.27. The predicted octanol–water partition coefficient (Wildman–Crippen LogP) is 3.10. The maximum atomic E-state index is 15.6. The molecule has 2 aromatic heterocycles. The first kappa shape index (κ1) is 101. The summed E-state index contributed by atoms with van der Waals surface area (Å²) in [6.07, 6.45) is 1.92. The number of unbranched alkanes of at least 4 members (excludes halogenated alkanes) is 1. The number of nitrogens with one attached hydrogen (secondary N) is 11. The Labute approximate surface area is 764 Å². The second kappa shape index (κ2) is 48.5. The molecule has 0 saturated carbocycles. The van der Waals surface area contributed by atoms with Crippen LogP contribution in [0.3, 0.4) is 0 Å². The molecule has 1 aliphatic rings. The van der Waals surface area contributed by atoms with Crippen molar-refractivity contribution in [1.82, 2.24) is 82.3 Å². The monoisotopic (exact) mass is 1820 g/mol. The zero-order valence-corrected chi connectivity index (χ0v) is 76.0. The summed E-state index contributed by atoms with van der Waals surface area (Å²) in [6, 6.07) is 29.1. The molecule has 0 unspecified atom stereocenters. The van der Waals surface area contributed by atoms with E-state index in [0.29, 0.717) is 68.0 Å². The van der Waals surface area contributed by atoms with Gasteiger partial charge in [0.25, 0.3) is 0 Å². The number of aromatic hydroxyl groups is 1. The number of hydrogen-bond acceptors (Lipinski definition) is 18. The molecule has 15 N–H and O–H groups in total. The molecule has 3 heterocycles. The molecule has 36 heteroatoms. The number of aromatic amines is 2. The molecule has 15 amide bonds. The molecular formula is C95H119N17O18S. The number of carbonyl (C=O) groups excluding carboxylic acids is 15. The zero-order valence-electron chi connectivity index (χ0n) is 75.2. The standard InChI is InChI=1S/C95H119N17O18S/c1-11-12-36-76-93(128)109(7)53-81(116)101-72(48-83(118)119)89(124)107-84(57(4)5)95(130)111(9)77(44-59-28-18-14-19-29-59)90(125)105-74(47-63-50-98-68-35-25-23-33-66(63)68)91(126)108(6)52-80(115)100-71(46-62-49-97-67-34-24-22-32-65(62)67)88(123)104-70(42-61-37-39-64(113)40-38-61)87(122)103-69(41-56(2)3)86(121)106-75(85(120)99-51-79(96)114)54-131-55-82(117)102-73(43-58-26-16-13-17-27-58)92(127)112(10)78(94(129)110(76)8)45-60-30-20-15-21-31-60/h13-35,37-40,49-50,56-57,69-78,84,97-98,113H,11-12,36,41-48,51-55H2,1-10H3,(H2,96,114)(H,99,120)(H,100,115)(H,101,116)(H,102,117)(H,103,122)(H,104,123)(H,105,125)(H,106,121)(H,107,124)(H,118,119)/t69-,70-,71-,72-,73-,74-,75-,76-,77-,78+,84-/m0/s1. The fraction of sp³-hybridized carbons (Fsp3) is 0.411. The number of carboxylic acids is 1. The average Bonchev–Trinajstić information content (AvgIpc) is 1.80. The van der Waals surface area contributed by atoms with E-state index in [1.165, 1.54) is 69.3 Å². The highest BCUT2D eigenvalue weighted by Crippen LogP contribution is 2.26. The number of likely N-dealkylation sites (N-methyl/N-ethyl adjacent to an activating group) is 5. The van der Waals surface area contributed by atoms with Crippen molar-refractivity contribution in [2.24, 2.45) is 17.6 Å². The second-order valence-electron chi connectivity index (χ2n) is 33.8. The number of rotatable bonds is 23. The first-order valence-electron chi connectivity index (χ1n) is 43.5. The minimum atomic E-state index is -1.90. The van der Waals surface area contributed by atoms with Gasteiger partial charge >= 0.3 is 5.97 Å². The van der Waals surface area contributed by atoms with Crippen LogP contribution < -0.4 is 53.6 Å². The summed E-state index contributed by atoms with van der Waals surface area (Å²) in [5.74, 6) is -17.0. The highest BCUT2D eigenvalue weighted by atomic mass is 32.2. The molecule has 11 atom stereocenters. The van der Waals surface area contributed by atoms with Gasteiger partial charge in [-0.05, 0) is 82.3 Å². The number of amides is 15. The number of aromatic nitrogens is 2. The maximum Gasteiger partial charge on any atom is 0.305 e. The number of nitrogens with zero attached hydrogens (tertiary/aromatic N) is 5. The quantitative estimate of drug-likeness (QED) is 0.0437. The number of para-hydroxylation sites is 2. The molecule has 8 aromatic rings. The topological polar surface area (TPSA) is 496 Å². The van der Waals surface area contributed by atoms with E-state index in [1.807, 2.05) is 6.92 Å². The van der Waals surface area contributed by atoms with Crippen LogP contribution in [0.25, 0.3) is 21.8 Å². The van der Waals surface area contributed by atoms with Crippen molar-refractivity contribution in [3.05, 3.63) is 210 Å². The van der Waals surface area contributed by atoms with Gasteiger partial charge < -0.3 is 98.3 Å². The largest absolute Gasteiger partial charge is 0.508 e. The van der Waals surface area contributed by atoms with Crippen LogP contribution in [0.5, 0.6) is 5.75 Å². The van der Waals surface area contributed by atoms with Crippen molar-refractivity contribution in [3.8, 4) is 5.75 Å². The summed E-state index contributed by atoms with van der Waals surface area (Å²) >= 11 is 0.835. The van der Waals surface area contributed by atoms with Crippen LogP contribution in [0.15, 0.2) is 176 Å². The molecule has 6 aromatic carbocycles. The van der Waals surface area contributed by atoms with E-state index in [4.69, 9.17) is 5.73 Å². The number of aliphatic carboxylic acids is 1. The minimum Gasteiger partial charge on any atom is -0.508 e. The van der Waals surface area contributed by atoms with Crippen molar-refractivity contribution < 1.29 is 86.9 Å². The average molecular weight is 1820 g/mol. The van der Waals surface area contributed by atoms with Crippen LogP contribution in [0.1, 0.15) is 100 Å². The van der Waals surface area contributed by atoms with E-state index in [1.54, 1.807) is 180 Å². The van der Waals surface area contributed by atoms with E-state index in [9.17, 15) is 43.8 Å². The van der Waals surface area contributed by atoms with Crippen molar-refractivity contribution in [1.29, 1.82) is 0 Å². The number of phenolic OH excluding ortho intramolecular Hbond substituents is 1. The Hall–Kier alpha value is -13.9. The lowest BCUT2D eigenvalue weighted by molar-refractivity contribution is -0.151.